The molecule has 2 atom stereocenters. The summed E-state index contributed by atoms with van der Waals surface area (Å²) in [6.45, 7) is 4.02. The number of nitrogens with one attached hydrogen (secondary N) is 1. The molecule has 0 radical (unpaired) electrons. The van der Waals surface area contributed by atoms with E-state index in [-0.39, 0.29) is 24.0 Å². The van der Waals surface area contributed by atoms with Crippen molar-refractivity contribution in [3.63, 3.8) is 0 Å². The summed E-state index contributed by atoms with van der Waals surface area (Å²) in [7, 11) is 1.43. The molecule has 0 aliphatic carbocycles. The average molecular weight is 323 g/mol. The minimum atomic E-state index is -0.361. The highest BCUT2D eigenvalue weighted by atomic mass is 16.5. The van der Waals surface area contributed by atoms with E-state index < -0.39 is 0 Å². The molecule has 1 N–H and O–H groups in total. The molecule has 24 heavy (non-hydrogen) atoms. The molecule has 0 amide bonds. The monoisotopic (exact) mass is 323 g/mol. The van der Waals surface area contributed by atoms with Gasteiger partial charge in [0.25, 0.3) is 0 Å². The normalized spacial score (nSPS) is 13.8. The number of benzene rings is 2. The van der Waals surface area contributed by atoms with Gasteiger partial charge in [-0.25, -0.2) is 0 Å². The first-order chi connectivity index (χ1) is 11.6. The number of carbonyl (C=O) groups is 1. The van der Waals surface area contributed by atoms with E-state index in [1.165, 1.54) is 7.11 Å². The second-order valence-electron chi connectivity index (χ2n) is 6.07. The Morgan fingerprint density at radius 3 is 2.12 bits per heavy atom. The third kappa shape index (κ3) is 5.07. The highest BCUT2D eigenvalue weighted by Gasteiger charge is 2.25. The van der Waals surface area contributed by atoms with E-state index in [1.807, 2.05) is 50.2 Å². The Hall–Kier alpha value is -2.39. The Kier molecular flexibility index (Phi) is 6.76. The maximum atomic E-state index is 12.1. The largest absolute Gasteiger partial charge is 0.468 e. The zero-order chi connectivity index (χ0) is 17.4. The van der Waals surface area contributed by atoms with Crippen LogP contribution in [0.2, 0.25) is 0 Å². The van der Waals surface area contributed by atoms with Gasteiger partial charge in [-0.05, 0) is 17.0 Å². The third-order valence-corrected chi connectivity index (χ3v) is 3.92. The molecule has 126 valence electrons. The van der Waals surface area contributed by atoms with Crippen LogP contribution in [0.15, 0.2) is 66.7 Å². The fraction of sp³-hybridized carbons (Fsp3) is 0.286. The fourth-order valence-corrected chi connectivity index (χ4v) is 2.55. The zero-order valence-corrected chi connectivity index (χ0v) is 14.5. The topological polar surface area (TPSA) is 38.3 Å². The molecule has 2 rings (SSSR count). The summed E-state index contributed by atoms with van der Waals surface area (Å²) in [6.07, 6.45) is 4.16. The summed E-state index contributed by atoms with van der Waals surface area (Å²) in [4.78, 5) is 12.1. The van der Waals surface area contributed by atoms with E-state index in [4.69, 9.17) is 4.74 Å². The van der Waals surface area contributed by atoms with Crippen LogP contribution in [0.5, 0.6) is 0 Å². The highest BCUT2D eigenvalue weighted by molar-refractivity contribution is 5.76. The molecular weight excluding hydrogens is 298 g/mol. The number of hydrogen-bond acceptors (Lipinski definition) is 3. The van der Waals surface area contributed by atoms with Gasteiger partial charge in [0.2, 0.25) is 0 Å². The van der Waals surface area contributed by atoms with Crippen molar-refractivity contribution in [3.8, 4) is 0 Å². The first-order valence-electron chi connectivity index (χ1n) is 8.24. The molecule has 0 saturated carbocycles. The van der Waals surface area contributed by atoms with Crippen LogP contribution in [0.25, 0.3) is 6.08 Å². The summed E-state index contributed by atoms with van der Waals surface area (Å²) in [5.41, 5.74) is 2.23. The lowest BCUT2D eigenvalue weighted by atomic mass is 9.99. The van der Waals surface area contributed by atoms with Crippen LogP contribution in [-0.4, -0.2) is 19.1 Å². The summed E-state index contributed by atoms with van der Waals surface area (Å²) in [6, 6.07) is 19.8. The van der Waals surface area contributed by atoms with E-state index in [9.17, 15) is 4.79 Å². The number of rotatable bonds is 7. The van der Waals surface area contributed by atoms with Crippen molar-refractivity contribution in [1.29, 1.82) is 0 Å². The Morgan fingerprint density at radius 2 is 1.58 bits per heavy atom. The molecule has 0 heterocycles. The van der Waals surface area contributed by atoms with Gasteiger partial charge in [0.05, 0.1) is 13.2 Å². The van der Waals surface area contributed by atoms with Gasteiger partial charge in [-0.2, -0.15) is 0 Å². The molecule has 0 bridgehead atoms. The number of ether oxygens (including phenoxy) is 1. The van der Waals surface area contributed by atoms with Gasteiger partial charge in [-0.3, -0.25) is 10.1 Å². The van der Waals surface area contributed by atoms with E-state index in [0.717, 1.165) is 11.1 Å². The predicted molar refractivity (Wildman–Crippen MR) is 98.4 cm³/mol. The number of hydrogen-bond donors (Lipinski definition) is 1. The zero-order valence-electron chi connectivity index (χ0n) is 14.5. The van der Waals surface area contributed by atoms with Crippen LogP contribution in [0, 0.1) is 5.92 Å². The van der Waals surface area contributed by atoms with Gasteiger partial charge in [0.15, 0.2) is 0 Å². The molecular formula is C21H25NO2. The van der Waals surface area contributed by atoms with Crippen molar-refractivity contribution in [1.82, 2.24) is 5.32 Å². The summed E-state index contributed by atoms with van der Waals surface area (Å²) >= 11 is 0. The standard InChI is InChI=1S/C21H25NO2/c1-16(2)20(21(23)24-3)22-19(18-12-8-5-9-13-18)15-14-17-10-6-4-7-11-17/h4-16,19-20,22H,1-3H3/b15-14+/t19-,20-/m1/s1. The van der Waals surface area contributed by atoms with Gasteiger partial charge in [-0.1, -0.05) is 86.7 Å². The highest BCUT2D eigenvalue weighted by Crippen LogP contribution is 2.19. The molecule has 0 spiro atoms. The first kappa shape index (κ1) is 18.0. The molecule has 3 nitrogen and oxygen atoms in total. The van der Waals surface area contributed by atoms with Crippen molar-refractivity contribution < 1.29 is 9.53 Å². The quantitative estimate of drug-likeness (QED) is 0.775. The maximum Gasteiger partial charge on any atom is 0.323 e. The van der Waals surface area contributed by atoms with Crippen molar-refractivity contribution in [2.75, 3.05) is 7.11 Å². The average Bonchev–Trinajstić information content (AvgIpc) is 2.62. The molecule has 0 fully saturated rings. The van der Waals surface area contributed by atoms with Crippen molar-refractivity contribution in [2.24, 2.45) is 5.92 Å². The lowest BCUT2D eigenvalue weighted by Crippen LogP contribution is -2.43. The summed E-state index contributed by atoms with van der Waals surface area (Å²) < 4.78 is 4.95. The smallest absolute Gasteiger partial charge is 0.323 e. The molecule has 2 aromatic rings. The molecule has 0 unspecified atom stereocenters. The van der Waals surface area contributed by atoms with Gasteiger partial charge < -0.3 is 4.74 Å². The summed E-state index contributed by atoms with van der Waals surface area (Å²) in [5.74, 6) is -0.104. The van der Waals surface area contributed by atoms with E-state index in [1.54, 1.807) is 0 Å². The van der Waals surface area contributed by atoms with Crippen LogP contribution >= 0.6 is 0 Å². The second kappa shape index (κ2) is 9.04. The summed E-state index contributed by atoms with van der Waals surface area (Å²) in [5, 5.41) is 3.43. The Bertz CT molecular complexity index is 650. The number of methoxy groups -OCH3 is 1. The van der Waals surface area contributed by atoms with Crippen molar-refractivity contribution in [2.45, 2.75) is 25.9 Å². The minimum absolute atomic E-state index is 0.0714. The Labute approximate surface area is 144 Å². The van der Waals surface area contributed by atoms with E-state index in [2.05, 4.69) is 41.7 Å². The van der Waals surface area contributed by atoms with Crippen LogP contribution in [0.4, 0.5) is 0 Å². The third-order valence-electron chi connectivity index (χ3n) is 3.92. The van der Waals surface area contributed by atoms with Crippen LogP contribution < -0.4 is 5.32 Å². The van der Waals surface area contributed by atoms with E-state index in [0.29, 0.717) is 0 Å². The van der Waals surface area contributed by atoms with Crippen LogP contribution in [0.1, 0.15) is 31.0 Å². The first-order valence-corrected chi connectivity index (χ1v) is 8.24. The minimum Gasteiger partial charge on any atom is -0.468 e. The molecule has 2 aromatic carbocycles. The molecule has 0 saturated heterocycles. The van der Waals surface area contributed by atoms with Gasteiger partial charge >= 0.3 is 5.97 Å². The molecule has 0 aromatic heterocycles. The molecule has 0 aliphatic heterocycles. The van der Waals surface area contributed by atoms with Crippen molar-refractivity contribution in [3.05, 3.63) is 77.9 Å². The predicted octanol–water partition coefficient (Wildman–Crippen LogP) is 4.23. The number of esters is 1. The second-order valence-corrected chi connectivity index (χ2v) is 6.07. The van der Waals surface area contributed by atoms with E-state index >= 15 is 0 Å². The fourth-order valence-electron chi connectivity index (χ4n) is 2.55. The SMILES string of the molecule is COC(=O)[C@H](N[C@H](/C=C/c1ccccc1)c1ccccc1)C(C)C. The maximum absolute atomic E-state index is 12.1. The van der Waals surface area contributed by atoms with Gasteiger partial charge in [0, 0.05) is 0 Å². The lowest BCUT2D eigenvalue weighted by molar-refractivity contribution is -0.144. The van der Waals surface area contributed by atoms with Gasteiger partial charge in [-0.15, -0.1) is 0 Å². The molecule has 3 heteroatoms. The lowest BCUT2D eigenvalue weighted by Gasteiger charge is -2.25. The Morgan fingerprint density at radius 1 is 1.00 bits per heavy atom. The van der Waals surface area contributed by atoms with Crippen LogP contribution in [-0.2, 0) is 9.53 Å². The Balaban J connectivity index is 2.26. The number of carbonyl (C=O) groups excluding carboxylic acids is 1. The van der Waals surface area contributed by atoms with Crippen LogP contribution in [0.3, 0.4) is 0 Å². The molecule has 0 aliphatic rings. The van der Waals surface area contributed by atoms with Gasteiger partial charge in [0.1, 0.15) is 6.04 Å². The van der Waals surface area contributed by atoms with Crippen molar-refractivity contribution >= 4 is 12.0 Å².